The Morgan fingerprint density at radius 3 is 2.78 bits per heavy atom. The van der Waals surface area contributed by atoms with Crippen LogP contribution in [0.5, 0.6) is 5.75 Å². The summed E-state index contributed by atoms with van der Waals surface area (Å²) in [6.45, 7) is 0.760. The molecule has 8 heteroatoms. The third-order valence-electron chi connectivity index (χ3n) is 3.97. The average molecular weight is 338 g/mol. The van der Waals surface area contributed by atoms with Crippen LogP contribution in [-0.2, 0) is 14.4 Å². The second-order valence-corrected chi connectivity index (χ2v) is 5.96. The van der Waals surface area contributed by atoms with Gasteiger partial charge in [0.1, 0.15) is 23.4 Å². The zero-order valence-electron chi connectivity index (χ0n) is 12.4. The molecule has 23 heavy (non-hydrogen) atoms. The lowest BCUT2D eigenvalue weighted by atomic mass is 10.3. The van der Waals surface area contributed by atoms with Gasteiger partial charge in [0.2, 0.25) is 17.7 Å². The van der Waals surface area contributed by atoms with E-state index in [9.17, 15) is 14.4 Å². The first kappa shape index (κ1) is 15.7. The minimum atomic E-state index is -0.279. The average Bonchev–Trinajstić information content (AvgIpc) is 3.11. The van der Waals surface area contributed by atoms with E-state index in [1.807, 2.05) is 0 Å². The smallest absolute Gasteiger partial charge is 0.242 e. The van der Waals surface area contributed by atoms with Crippen molar-refractivity contribution in [2.24, 2.45) is 0 Å². The highest BCUT2D eigenvalue weighted by Gasteiger charge is 2.34. The van der Waals surface area contributed by atoms with Crippen molar-refractivity contribution in [3.8, 4) is 5.75 Å². The Bertz CT molecular complexity index is 635. The van der Waals surface area contributed by atoms with Crippen LogP contribution in [-0.4, -0.2) is 58.2 Å². The van der Waals surface area contributed by atoms with Gasteiger partial charge in [-0.15, -0.1) is 0 Å². The minimum Gasteiger partial charge on any atom is -0.487 e. The number of ether oxygens (including phenoxy) is 1. The van der Waals surface area contributed by atoms with E-state index in [1.54, 1.807) is 17.2 Å². The van der Waals surface area contributed by atoms with Crippen LogP contribution in [0.2, 0.25) is 5.02 Å². The van der Waals surface area contributed by atoms with Gasteiger partial charge in [-0.25, -0.2) is 0 Å². The molecule has 3 heterocycles. The molecule has 1 aromatic heterocycles. The quantitative estimate of drug-likeness (QED) is 0.761. The number of amides is 3. The third-order valence-corrected chi connectivity index (χ3v) is 4.26. The lowest BCUT2D eigenvalue weighted by Crippen LogP contribution is -2.42. The van der Waals surface area contributed by atoms with Gasteiger partial charge in [-0.1, -0.05) is 11.6 Å². The SMILES string of the molecule is O=C(CN1C(=O)CCC1=O)N1CCC(Oc2ccncc2Cl)C1. The fourth-order valence-electron chi connectivity index (χ4n) is 2.72. The Kier molecular flexibility index (Phi) is 4.47. The van der Waals surface area contributed by atoms with E-state index in [0.717, 1.165) is 4.90 Å². The third kappa shape index (κ3) is 3.44. The van der Waals surface area contributed by atoms with Crippen LogP contribution >= 0.6 is 11.6 Å². The summed E-state index contributed by atoms with van der Waals surface area (Å²) in [6.07, 6.45) is 3.98. The summed E-state index contributed by atoms with van der Waals surface area (Å²) in [7, 11) is 0. The zero-order chi connectivity index (χ0) is 16.4. The number of carbonyl (C=O) groups excluding carboxylic acids is 3. The van der Waals surface area contributed by atoms with Gasteiger partial charge in [-0.3, -0.25) is 24.3 Å². The van der Waals surface area contributed by atoms with Crippen LogP contribution < -0.4 is 4.74 Å². The molecule has 2 fully saturated rings. The van der Waals surface area contributed by atoms with E-state index >= 15 is 0 Å². The number of hydrogen-bond donors (Lipinski definition) is 0. The molecule has 0 bridgehead atoms. The summed E-state index contributed by atoms with van der Waals surface area (Å²) < 4.78 is 5.79. The van der Waals surface area contributed by atoms with Crippen molar-refractivity contribution in [2.75, 3.05) is 19.6 Å². The van der Waals surface area contributed by atoms with Gasteiger partial charge in [0.15, 0.2) is 0 Å². The van der Waals surface area contributed by atoms with Gasteiger partial charge >= 0.3 is 0 Å². The summed E-state index contributed by atoms with van der Waals surface area (Å²) >= 11 is 6.00. The number of halogens is 1. The molecule has 0 aliphatic carbocycles. The maximum atomic E-state index is 12.2. The molecule has 3 amide bonds. The van der Waals surface area contributed by atoms with Crippen LogP contribution in [0.15, 0.2) is 18.5 Å². The van der Waals surface area contributed by atoms with Crippen LogP contribution in [0.3, 0.4) is 0 Å². The van der Waals surface area contributed by atoms with Gasteiger partial charge in [0.25, 0.3) is 0 Å². The Morgan fingerprint density at radius 1 is 1.35 bits per heavy atom. The Labute approximate surface area is 138 Å². The van der Waals surface area contributed by atoms with E-state index < -0.39 is 0 Å². The highest BCUT2D eigenvalue weighted by molar-refractivity contribution is 6.31. The topological polar surface area (TPSA) is 79.8 Å². The van der Waals surface area contributed by atoms with Crippen LogP contribution in [0.25, 0.3) is 0 Å². The standard InChI is InChI=1S/C15H16ClN3O4/c16-11-7-17-5-3-12(11)23-10-4-6-18(8-10)15(22)9-19-13(20)1-2-14(19)21/h3,5,7,10H,1-2,4,6,8-9H2. The monoisotopic (exact) mass is 337 g/mol. The lowest BCUT2D eigenvalue weighted by Gasteiger charge is -2.20. The highest BCUT2D eigenvalue weighted by Crippen LogP contribution is 2.25. The van der Waals surface area contributed by atoms with Crippen LogP contribution in [0.1, 0.15) is 19.3 Å². The first-order valence-electron chi connectivity index (χ1n) is 7.41. The molecule has 2 aliphatic rings. The molecule has 0 spiro atoms. The first-order chi connectivity index (χ1) is 11.0. The Balaban J connectivity index is 1.55. The maximum Gasteiger partial charge on any atom is 0.242 e. The second kappa shape index (κ2) is 6.54. The summed E-state index contributed by atoms with van der Waals surface area (Å²) in [5, 5.41) is 0.422. The van der Waals surface area contributed by atoms with Crippen LogP contribution in [0, 0.1) is 0 Å². The van der Waals surface area contributed by atoms with E-state index in [1.165, 1.54) is 6.20 Å². The number of rotatable bonds is 4. The number of likely N-dealkylation sites (tertiary alicyclic amines) is 2. The molecular weight excluding hydrogens is 322 g/mol. The maximum absolute atomic E-state index is 12.2. The summed E-state index contributed by atoms with van der Waals surface area (Å²) in [4.78, 5) is 41.9. The molecule has 1 atom stereocenters. The molecule has 122 valence electrons. The van der Waals surface area contributed by atoms with Gasteiger partial charge in [0, 0.05) is 44.3 Å². The fourth-order valence-corrected chi connectivity index (χ4v) is 2.89. The molecule has 7 nitrogen and oxygen atoms in total. The van der Waals surface area contributed by atoms with E-state index in [0.29, 0.717) is 30.3 Å². The minimum absolute atomic E-state index is 0.163. The Morgan fingerprint density at radius 2 is 2.09 bits per heavy atom. The van der Waals surface area contributed by atoms with Gasteiger partial charge in [-0.05, 0) is 0 Å². The molecule has 2 aliphatic heterocycles. The Hall–Kier alpha value is -2.15. The van der Waals surface area contributed by atoms with Gasteiger partial charge < -0.3 is 9.64 Å². The molecule has 0 aromatic carbocycles. The molecule has 0 N–H and O–H groups in total. The van der Waals surface area contributed by atoms with E-state index in [4.69, 9.17) is 16.3 Å². The van der Waals surface area contributed by atoms with Gasteiger partial charge in [0.05, 0.1) is 6.54 Å². The normalized spacial score (nSPS) is 21.2. The lowest BCUT2D eigenvalue weighted by molar-refractivity contribution is -0.145. The highest BCUT2D eigenvalue weighted by atomic mass is 35.5. The fraction of sp³-hybridized carbons (Fsp3) is 0.467. The first-order valence-corrected chi connectivity index (χ1v) is 7.79. The second-order valence-electron chi connectivity index (χ2n) is 5.55. The van der Waals surface area contributed by atoms with Crippen molar-refractivity contribution in [1.29, 1.82) is 0 Å². The summed E-state index contributed by atoms with van der Waals surface area (Å²) in [6, 6.07) is 1.67. The number of aromatic nitrogens is 1. The molecule has 2 saturated heterocycles. The van der Waals surface area contributed by atoms with Crippen molar-refractivity contribution < 1.29 is 19.1 Å². The zero-order valence-corrected chi connectivity index (χ0v) is 13.2. The molecule has 1 unspecified atom stereocenters. The van der Waals surface area contributed by atoms with Crippen molar-refractivity contribution in [3.05, 3.63) is 23.5 Å². The van der Waals surface area contributed by atoms with E-state index in [-0.39, 0.29) is 43.2 Å². The van der Waals surface area contributed by atoms with Crippen molar-refractivity contribution in [1.82, 2.24) is 14.8 Å². The van der Waals surface area contributed by atoms with Crippen molar-refractivity contribution in [2.45, 2.75) is 25.4 Å². The molecule has 1 aromatic rings. The van der Waals surface area contributed by atoms with E-state index in [2.05, 4.69) is 4.98 Å². The van der Waals surface area contributed by atoms with Crippen molar-refractivity contribution >= 4 is 29.3 Å². The summed E-state index contributed by atoms with van der Waals surface area (Å²) in [5.41, 5.74) is 0. The number of pyridine rings is 1. The molecule has 0 saturated carbocycles. The number of carbonyl (C=O) groups is 3. The number of nitrogens with zero attached hydrogens (tertiary/aromatic N) is 3. The predicted octanol–water partition coefficient (Wildman–Crippen LogP) is 0.864. The summed E-state index contributed by atoms with van der Waals surface area (Å²) in [5.74, 6) is -0.260. The molecule has 3 rings (SSSR count). The number of imide groups is 1. The molecule has 0 radical (unpaired) electrons. The van der Waals surface area contributed by atoms with Gasteiger partial charge in [-0.2, -0.15) is 0 Å². The van der Waals surface area contributed by atoms with Crippen molar-refractivity contribution in [3.63, 3.8) is 0 Å². The largest absolute Gasteiger partial charge is 0.487 e. The number of hydrogen-bond acceptors (Lipinski definition) is 5. The molecular formula is C15H16ClN3O4. The predicted molar refractivity (Wildman–Crippen MR) is 80.8 cm³/mol. The van der Waals surface area contributed by atoms with Crippen LogP contribution in [0.4, 0.5) is 0 Å².